The van der Waals surface area contributed by atoms with Crippen LogP contribution in [0.2, 0.25) is 4.34 Å². The van der Waals surface area contributed by atoms with Crippen LogP contribution in [-0.2, 0) is 16.9 Å². The van der Waals surface area contributed by atoms with Gasteiger partial charge in [-0.2, -0.15) is 5.10 Å². The highest BCUT2D eigenvalue weighted by molar-refractivity contribution is 7.22. The Morgan fingerprint density at radius 1 is 1.43 bits per heavy atom. The average molecular weight is 425 g/mol. The molecule has 0 radical (unpaired) electrons. The summed E-state index contributed by atoms with van der Waals surface area (Å²) in [5.74, 6) is -0.122. The third-order valence-electron chi connectivity index (χ3n) is 4.92. The van der Waals surface area contributed by atoms with Crippen LogP contribution in [0.25, 0.3) is 15.7 Å². The molecule has 1 fully saturated rings. The molecule has 3 aromatic rings. The molecule has 10 heteroatoms. The Morgan fingerprint density at radius 2 is 2.11 bits per heavy atom. The van der Waals surface area contributed by atoms with Gasteiger partial charge in [0.1, 0.15) is 17.7 Å². The summed E-state index contributed by atoms with van der Waals surface area (Å²) < 4.78 is 4.03. The van der Waals surface area contributed by atoms with E-state index in [1.165, 1.54) is 11.3 Å². The molecule has 3 heterocycles. The van der Waals surface area contributed by atoms with Gasteiger partial charge in [-0.15, -0.1) is 11.3 Å². The van der Waals surface area contributed by atoms with Crippen molar-refractivity contribution in [3.63, 3.8) is 0 Å². The van der Waals surface area contributed by atoms with Crippen molar-refractivity contribution in [3.05, 3.63) is 32.6 Å². The number of aromatic nitrogens is 3. The molecule has 1 saturated carbocycles. The lowest BCUT2D eigenvalue weighted by molar-refractivity contribution is -0.125. The third-order valence-corrected chi connectivity index (χ3v) is 6.12. The normalized spacial score (nSPS) is 22.6. The Balaban J connectivity index is 1.74. The molecule has 0 bridgehead atoms. The molecule has 0 spiro atoms. The summed E-state index contributed by atoms with van der Waals surface area (Å²) >= 11 is 7.42. The summed E-state index contributed by atoms with van der Waals surface area (Å²) in [4.78, 5) is 25.3. The van der Waals surface area contributed by atoms with Crippen LogP contribution in [0.1, 0.15) is 39.4 Å². The Bertz CT molecular complexity index is 1150. The van der Waals surface area contributed by atoms with Crippen LogP contribution in [0.3, 0.4) is 0 Å². The number of carbonyl (C=O) groups is 1. The molecular formula is C18H21ClN4O4S. The number of hydrogen-bond donors (Lipinski definition) is 3. The van der Waals surface area contributed by atoms with Crippen LogP contribution in [0.4, 0.5) is 0 Å². The first-order valence-corrected chi connectivity index (χ1v) is 10.1. The first-order valence-electron chi connectivity index (χ1n) is 8.91. The molecule has 0 unspecified atom stereocenters. The fraction of sp³-hybridized carbons (Fsp3) is 0.500. The highest BCUT2D eigenvalue weighted by Crippen LogP contribution is 2.33. The number of halogens is 1. The minimum Gasteiger partial charge on any atom is -0.390 e. The smallest absolute Gasteiger partial charge is 0.291 e. The SMILES string of the molecule is CC(C)(O)c1nn(CC(=O)N[C@H]2C[C@](C)(O)C2)c(=O)c2cc3sc(Cl)cc3n12. The summed E-state index contributed by atoms with van der Waals surface area (Å²) in [6.45, 7) is 4.59. The summed E-state index contributed by atoms with van der Waals surface area (Å²) in [5, 5.41) is 27.5. The maximum Gasteiger partial charge on any atom is 0.291 e. The highest BCUT2D eigenvalue weighted by atomic mass is 35.5. The van der Waals surface area contributed by atoms with Gasteiger partial charge >= 0.3 is 0 Å². The molecule has 3 aromatic heterocycles. The van der Waals surface area contributed by atoms with Gasteiger partial charge < -0.3 is 15.5 Å². The van der Waals surface area contributed by atoms with Crippen molar-refractivity contribution in [2.75, 3.05) is 0 Å². The predicted molar refractivity (Wildman–Crippen MR) is 107 cm³/mol. The predicted octanol–water partition coefficient (Wildman–Crippen LogP) is 1.62. The number of hydrogen-bond acceptors (Lipinski definition) is 6. The molecule has 150 valence electrons. The molecule has 1 amide bonds. The number of thiophene rings is 1. The lowest BCUT2D eigenvalue weighted by Gasteiger charge is -2.41. The fourth-order valence-electron chi connectivity index (χ4n) is 3.70. The van der Waals surface area contributed by atoms with Crippen LogP contribution < -0.4 is 10.9 Å². The van der Waals surface area contributed by atoms with E-state index in [9.17, 15) is 19.8 Å². The van der Waals surface area contributed by atoms with Gasteiger partial charge in [-0.1, -0.05) is 11.6 Å². The lowest BCUT2D eigenvalue weighted by atomic mass is 9.77. The summed E-state index contributed by atoms with van der Waals surface area (Å²) in [5.41, 5.74) is -1.51. The van der Waals surface area contributed by atoms with Crippen molar-refractivity contribution >= 4 is 44.6 Å². The zero-order chi connectivity index (χ0) is 20.4. The maximum atomic E-state index is 12.9. The highest BCUT2D eigenvalue weighted by Gasteiger charge is 2.39. The monoisotopic (exact) mass is 424 g/mol. The van der Waals surface area contributed by atoms with Gasteiger partial charge in [0, 0.05) is 6.04 Å². The van der Waals surface area contributed by atoms with Crippen molar-refractivity contribution in [2.24, 2.45) is 0 Å². The first-order chi connectivity index (χ1) is 12.9. The molecule has 1 aliphatic rings. The molecule has 1 aliphatic carbocycles. The Morgan fingerprint density at radius 3 is 2.71 bits per heavy atom. The number of amides is 1. The van der Waals surface area contributed by atoms with Gasteiger partial charge in [0.05, 0.1) is 20.2 Å². The van der Waals surface area contributed by atoms with E-state index in [2.05, 4.69) is 10.4 Å². The van der Waals surface area contributed by atoms with Crippen LogP contribution >= 0.6 is 22.9 Å². The van der Waals surface area contributed by atoms with E-state index >= 15 is 0 Å². The van der Waals surface area contributed by atoms with Crippen LogP contribution in [-0.4, -0.2) is 41.9 Å². The Kier molecular flexibility index (Phi) is 4.35. The fourth-order valence-corrected chi connectivity index (χ4v) is 4.86. The molecule has 0 aromatic carbocycles. The molecule has 0 aliphatic heterocycles. The quantitative estimate of drug-likeness (QED) is 0.589. The van der Waals surface area contributed by atoms with E-state index in [1.807, 2.05) is 0 Å². The minimum absolute atomic E-state index is 0.114. The van der Waals surface area contributed by atoms with Gasteiger partial charge in [-0.25, -0.2) is 4.68 Å². The van der Waals surface area contributed by atoms with Crippen LogP contribution in [0.5, 0.6) is 0 Å². The molecule has 0 saturated heterocycles. The Hall–Kier alpha value is -1.94. The summed E-state index contributed by atoms with van der Waals surface area (Å²) in [6, 6.07) is 3.31. The van der Waals surface area contributed by atoms with Gasteiger partial charge in [-0.05, 0) is 45.7 Å². The van der Waals surface area contributed by atoms with Crippen LogP contribution in [0.15, 0.2) is 16.9 Å². The number of aliphatic hydroxyl groups is 2. The van der Waals surface area contributed by atoms with Crippen molar-refractivity contribution in [1.29, 1.82) is 0 Å². The zero-order valence-corrected chi connectivity index (χ0v) is 17.3. The van der Waals surface area contributed by atoms with E-state index in [0.717, 1.165) is 9.38 Å². The maximum absolute atomic E-state index is 12.9. The first kappa shape index (κ1) is 19.4. The minimum atomic E-state index is -1.35. The van der Waals surface area contributed by atoms with Gasteiger partial charge in [0.25, 0.3) is 5.56 Å². The lowest BCUT2D eigenvalue weighted by Crippen LogP contribution is -2.54. The van der Waals surface area contributed by atoms with Crippen molar-refractivity contribution in [2.45, 2.75) is 57.4 Å². The molecule has 4 rings (SSSR count). The van der Waals surface area contributed by atoms with E-state index in [1.54, 1.807) is 37.3 Å². The molecule has 28 heavy (non-hydrogen) atoms. The van der Waals surface area contributed by atoms with Gasteiger partial charge in [0.2, 0.25) is 5.91 Å². The number of nitrogens with zero attached hydrogens (tertiary/aromatic N) is 3. The Labute approximate surface area is 169 Å². The average Bonchev–Trinajstić information content (AvgIpc) is 3.03. The second kappa shape index (κ2) is 6.28. The second-order valence-electron chi connectivity index (χ2n) is 8.18. The molecule has 3 N–H and O–H groups in total. The largest absolute Gasteiger partial charge is 0.390 e. The standard InChI is InChI=1S/C18H21ClN4O4S/c1-17(2,26)16-21-22(8-14(24)20-9-6-18(3,27)7-9)15(25)11-4-12-10(23(11)16)5-13(19)28-12/h4-5,9,26-27H,6-8H2,1-3H3,(H,20,24)/t9-,18-. The number of rotatable bonds is 4. The van der Waals surface area contributed by atoms with E-state index in [0.29, 0.717) is 28.2 Å². The zero-order valence-electron chi connectivity index (χ0n) is 15.7. The second-order valence-corrected chi connectivity index (χ2v) is 9.90. The summed E-state index contributed by atoms with van der Waals surface area (Å²) in [6.07, 6.45) is 0.954. The molecule has 0 atom stereocenters. The van der Waals surface area contributed by atoms with Crippen molar-refractivity contribution in [1.82, 2.24) is 19.5 Å². The molecular weight excluding hydrogens is 404 g/mol. The number of carbonyl (C=O) groups excluding carboxylic acids is 1. The topological polar surface area (TPSA) is 109 Å². The van der Waals surface area contributed by atoms with Crippen molar-refractivity contribution in [3.8, 4) is 0 Å². The van der Waals surface area contributed by atoms with E-state index in [4.69, 9.17) is 11.6 Å². The summed E-state index contributed by atoms with van der Waals surface area (Å²) in [7, 11) is 0. The van der Waals surface area contributed by atoms with E-state index in [-0.39, 0.29) is 24.3 Å². The third kappa shape index (κ3) is 3.32. The number of nitrogens with one attached hydrogen (secondary N) is 1. The van der Waals surface area contributed by atoms with Gasteiger partial charge in [-0.3, -0.25) is 14.0 Å². The van der Waals surface area contributed by atoms with Crippen LogP contribution in [0, 0.1) is 0 Å². The molecule has 8 nitrogen and oxygen atoms in total. The number of fused-ring (bicyclic) bond motifs is 3. The van der Waals surface area contributed by atoms with E-state index < -0.39 is 16.8 Å². The van der Waals surface area contributed by atoms with Gasteiger partial charge in [0.15, 0.2) is 5.82 Å². The van der Waals surface area contributed by atoms with Crippen molar-refractivity contribution < 1.29 is 15.0 Å².